The molecule has 3 aromatic carbocycles. The minimum absolute atomic E-state index is 0. The molecular formula is C35H38ClNO6. The van der Waals surface area contributed by atoms with Crippen molar-refractivity contribution < 1.29 is 45.5 Å². The Kier molecular flexibility index (Phi) is 9.61. The second-order valence-electron chi connectivity index (χ2n) is 11.0. The highest BCUT2D eigenvalue weighted by molar-refractivity contribution is 5.99. The Hall–Kier alpha value is -3.97. The van der Waals surface area contributed by atoms with Crippen molar-refractivity contribution in [3.05, 3.63) is 71.4 Å². The minimum Gasteiger partial charge on any atom is -1.00 e. The van der Waals surface area contributed by atoms with Crippen molar-refractivity contribution in [2.24, 2.45) is 0 Å². The lowest BCUT2D eigenvalue weighted by atomic mass is 9.89. The third kappa shape index (κ3) is 6.09. The van der Waals surface area contributed by atoms with Crippen molar-refractivity contribution in [2.75, 3.05) is 21.0 Å². The summed E-state index contributed by atoms with van der Waals surface area (Å²) >= 11 is 0. The van der Waals surface area contributed by atoms with Crippen LogP contribution in [-0.4, -0.2) is 27.0 Å². The van der Waals surface area contributed by atoms with Gasteiger partial charge in [-0.1, -0.05) is 39.0 Å². The highest BCUT2D eigenvalue weighted by Gasteiger charge is 2.32. The average molecular weight is 604 g/mol. The Morgan fingerprint density at radius 1 is 0.884 bits per heavy atom. The van der Waals surface area contributed by atoms with E-state index in [4.69, 9.17) is 23.7 Å². The van der Waals surface area contributed by atoms with E-state index in [9.17, 15) is 4.79 Å². The van der Waals surface area contributed by atoms with Crippen LogP contribution in [0.4, 0.5) is 0 Å². The first-order valence-electron chi connectivity index (χ1n) is 15.0. The Morgan fingerprint density at radius 2 is 1.63 bits per heavy atom. The molecule has 43 heavy (non-hydrogen) atoms. The van der Waals surface area contributed by atoms with Crippen molar-refractivity contribution in [1.82, 2.24) is 0 Å². The molecule has 0 bridgehead atoms. The molecule has 2 aliphatic heterocycles. The highest BCUT2D eigenvalue weighted by atomic mass is 35.5. The Labute approximate surface area is 259 Å². The summed E-state index contributed by atoms with van der Waals surface area (Å²) < 4.78 is 30.8. The molecular weight excluding hydrogens is 566 g/mol. The number of aryl methyl sites for hydroxylation is 3. The third-order valence-electron chi connectivity index (χ3n) is 8.34. The number of hydrogen-bond donors (Lipinski definition) is 0. The number of carbonyl (C=O) groups is 1. The number of pyridine rings is 1. The van der Waals surface area contributed by atoms with E-state index in [1.807, 2.05) is 6.07 Å². The number of fused-ring (bicyclic) bond motifs is 5. The fraction of sp³-hybridized carbons (Fsp3) is 0.371. The van der Waals surface area contributed by atoms with E-state index >= 15 is 0 Å². The normalized spacial score (nSPS) is 12.7. The number of methoxy groups -OCH3 is 2. The van der Waals surface area contributed by atoms with Gasteiger partial charge in [0.2, 0.25) is 12.5 Å². The van der Waals surface area contributed by atoms with Crippen LogP contribution in [0.3, 0.4) is 0 Å². The fourth-order valence-corrected chi connectivity index (χ4v) is 6.12. The molecule has 4 aromatic rings. The molecule has 8 heteroatoms. The minimum atomic E-state index is -0.443. The summed E-state index contributed by atoms with van der Waals surface area (Å²) in [5, 5.41) is 1.93. The van der Waals surface area contributed by atoms with E-state index in [1.54, 1.807) is 38.5 Å². The average Bonchev–Trinajstić information content (AvgIpc) is 3.48. The van der Waals surface area contributed by atoms with Gasteiger partial charge in [-0.05, 0) is 66.9 Å². The second-order valence-corrected chi connectivity index (χ2v) is 11.0. The van der Waals surface area contributed by atoms with Gasteiger partial charge in [0.25, 0.3) is 0 Å². The van der Waals surface area contributed by atoms with Gasteiger partial charge in [0.1, 0.15) is 5.75 Å². The largest absolute Gasteiger partial charge is 1.00 e. The van der Waals surface area contributed by atoms with E-state index in [0.29, 0.717) is 22.8 Å². The number of benzene rings is 3. The van der Waals surface area contributed by atoms with Crippen LogP contribution in [0.1, 0.15) is 66.9 Å². The number of esters is 1. The zero-order chi connectivity index (χ0) is 29.1. The number of unbranched alkanes of at least 4 members (excludes halogenated alkanes) is 5. The molecule has 0 N–H and O–H groups in total. The summed E-state index contributed by atoms with van der Waals surface area (Å²) in [6.07, 6.45) is 11.2. The molecule has 0 spiro atoms. The van der Waals surface area contributed by atoms with Crippen molar-refractivity contribution in [1.29, 1.82) is 0 Å². The first kappa shape index (κ1) is 30.5. The summed E-state index contributed by atoms with van der Waals surface area (Å²) in [6.45, 7) is 3.31. The van der Waals surface area contributed by atoms with Crippen LogP contribution >= 0.6 is 0 Å². The predicted molar refractivity (Wildman–Crippen MR) is 161 cm³/mol. The van der Waals surface area contributed by atoms with Gasteiger partial charge in [0.05, 0.1) is 30.7 Å². The van der Waals surface area contributed by atoms with Crippen LogP contribution in [0.15, 0.2) is 54.7 Å². The Bertz CT molecular complexity index is 1620. The van der Waals surface area contributed by atoms with Gasteiger partial charge in [0.15, 0.2) is 35.7 Å². The topological polar surface area (TPSA) is 67.1 Å². The molecule has 3 heterocycles. The van der Waals surface area contributed by atoms with E-state index in [0.717, 1.165) is 48.1 Å². The smallest absolute Gasteiger partial charge is 0.343 e. The molecule has 6 rings (SSSR count). The van der Waals surface area contributed by atoms with Crippen LogP contribution < -0.4 is 40.7 Å². The number of aromatic nitrogens is 1. The molecule has 0 saturated carbocycles. The number of nitrogens with zero attached hydrogens (tertiary/aromatic N) is 1. The number of hydrogen-bond acceptors (Lipinski definition) is 6. The molecule has 0 fully saturated rings. The highest BCUT2D eigenvalue weighted by Crippen LogP contribution is 2.44. The monoisotopic (exact) mass is 603 g/mol. The SMILES string of the molecule is CCCCCCCCc1c2[n+](cc3c(OC(=O)c4ccc(OC)cc4)c(OC)ccc13)CCc1cc3c(cc1-2)OCO3.[Cl-]. The van der Waals surface area contributed by atoms with Gasteiger partial charge in [-0.3, -0.25) is 0 Å². The Balaban J connectivity index is 0.00000368. The summed E-state index contributed by atoms with van der Waals surface area (Å²) in [7, 11) is 3.20. The van der Waals surface area contributed by atoms with E-state index in [1.165, 1.54) is 54.5 Å². The van der Waals surface area contributed by atoms with Crippen molar-refractivity contribution in [3.63, 3.8) is 0 Å². The van der Waals surface area contributed by atoms with Crippen LogP contribution in [-0.2, 0) is 19.4 Å². The summed E-state index contributed by atoms with van der Waals surface area (Å²) in [5.41, 5.74) is 5.35. The summed E-state index contributed by atoms with van der Waals surface area (Å²) in [5.74, 6) is 2.80. The molecule has 7 nitrogen and oxygen atoms in total. The molecule has 0 saturated heterocycles. The first-order chi connectivity index (χ1) is 20.6. The van der Waals surface area contributed by atoms with Gasteiger partial charge in [0, 0.05) is 17.4 Å². The standard InChI is InChI=1S/C35H38NO6.ClH/c1-4-5-6-7-8-9-10-27-26-15-16-30(39-3)34(42-35(37)23-11-13-25(38-2)14-12-23)29(26)21-36-18-17-24-19-31-32(41-22-40-31)20-28(24)33(27)36;/h11-16,19-21H,4-10,17-18,22H2,1-3H3;1H/q+1;/p-1. The van der Waals surface area contributed by atoms with Crippen molar-refractivity contribution in [2.45, 2.75) is 64.8 Å². The maximum absolute atomic E-state index is 13.3. The predicted octanol–water partition coefficient (Wildman–Crippen LogP) is 4.22. The van der Waals surface area contributed by atoms with Crippen molar-refractivity contribution >= 4 is 16.7 Å². The maximum Gasteiger partial charge on any atom is 0.343 e. The summed E-state index contributed by atoms with van der Waals surface area (Å²) in [4.78, 5) is 13.3. The quantitative estimate of drug-likeness (QED) is 0.111. The van der Waals surface area contributed by atoms with Gasteiger partial charge in [-0.2, -0.15) is 4.57 Å². The molecule has 0 radical (unpaired) electrons. The van der Waals surface area contributed by atoms with E-state index in [2.05, 4.69) is 35.9 Å². The number of ether oxygens (including phenoxy) is 5. The molecule has 1 aromatic heterocycles. The molecule has 2 aliphatic rings. The lowest BCUT2D eigenvalue weighted by Crippen LogP contribution is -3.00. The van der Waals surface area contributed by atoms with E-state index < -0.39 is 5.97 Å². The maximum atomic E-state index is 13.3. The molecule has 0 aliphatic carbocycles. The van der Waals surface area contributed by atoms with Gasteiger partial charge < -0.3 is 36.1 Å². The van der Waals surface area contributed by atoms with Crippen LogP contribution in [0.5, 0.6) is 28.7 Å². The molecule has 0 unspecified atom stereocenters. The number of carbonyl (C=O) groups excluding carboxylic acids is 1. The van der Waals surface area contributed by atoms with Crippen molar-refractivity contribution in [3.8, 4) is 40.0 Å². The Morgan fingerprint density at radius 3 is 2.37 bits per heavy atom. The molecule has 0 atom stereocenters. The lowest BCUT2D eigenvalue weighted by Gasteiger charge is -2.21. The zero-order valence-corrected chi connectivity index (χ0v) is 25.8. The van der Waals surface area contributed by atoms with Gasteiger partial charge >= 0.3 is 5.97 Å². The molecule has 0 amide bonds. The van der Waals surface area contributed by atoms with Gasteiger partial charge in [-0.15, -0.1) is 0 Å². The van der Waals surface area contributed by atoms with Crippen LogP contribution in [0, 0.1) is 0 Å². The first-order valence-corrected chi connectivity index (χ1v) is 15.0. The summed E-state index contributed by atoms with van der Waals surface area (Å²) in [6, 6.07) is 15.2. The fourth-order valence-electron chi connectivity index (χ4n) is 6.12. The number of rotatable bonds is 11. The van der Waals surface area contributed by atoms with Crippen LogP contribution in [0.25, 0.3) is 22.0 Å². The molecule has 226 valence electrons. The van der Waals surface area contributed by atoms with Gasteiger partial charge in [-0.25, -0.2) is 4.79 Å². The zero-order valence-electron chi connectivity index (χ0n) is 25.0. The van der Waals surface area contributed by atoms with E-state index in [-0.39, 0.29) is 19.2 Å². The third-order valence-corrected chi connectivity index (χ3v) is 8.34. The lowest BCUT2D eigenvalue weighted by molar-refractivity contribution is -0.686. The number of halogens is 1. The van der Waals surface area contributed by atoms with Crippen LogP contribution in [0.2, 0.25) is 0 Å². The second kappa shape index (κ2) is 13.6.